The van der Waals surface area contributed by atoms with Gasteiger partial charge >= 0.3 is 0 Å². The summed E-state index contributed by atoms with van der Waals surface area (Å²) in [7, 11) is -3.45. The minimum absolute atomic E-state index is 0.0529. The topological polar surface area (TPSA) is 94.8 Å². The fraction of sp³-hybridized carbons (Fsp3) is 0.579. The van der Waals surface area contributed by atoms with Crippen molar-refractivity contribution in [3.63, 3.8) is 0 Å². The average Bonchev–Trinajstić information content (AvgIpc) is 3.14. The maximum Gasteiger partial charge on any atom is 0.243 e. The summed E-state index contributed by atoms with van der Waals surface area (Å²) in [5.74, 6) is 1.62. The molecule has 2 saturated heterocycles. The molecule has 9 heteroatoms. The van der Waals surface area contributed by atoms with Gasteiger partial charge in [0, 0.05) is 39.3 Å². The molecule has 4 rings (SSSR count). The molecule has 0 bridgehead atoms. The van der Waals surface area contributed by atoms with Gasteiger partial charge in [-0.05, 0) is 30.9 Å². The first-order valence-electron chi connectivity index (χ1n) is 9.66. The Morgan fingerprint density at radius 2 is 1.89 bits per heavy atom. The van der Waals surface area contributed by atoms with Gasteiger partial charge in [0.25, 0.3) is 0 Å². The van der Waals surface area contributed by atoms with Gasteiger partial charge in [0.15, 0.2) is 5.82 Å². The van der Waals surface area contributed by atoms with Crippen LogP contribution in [0.15, 0.2) is 39.8 Å². The van der Waals surface area contributed by atoms with E-state index in [2.05, 4.69) is 10.1 Å². The second kappa shape index (κ2) is 8.69. The van der Waals surface area contributed by atoms with E-state index in [0.717, 1.165) is 32.7 Å². The van der Waals surface area contributed by atoms with Crippen molar-refractivity contribution in [2.75, 3.05) is 39.5 Å². The van der Waals surface area contributed by atoms with Crippen LogP contribution in [0.1, 0.15) is 30.5 Å². The Bertz CT molecular complexity index is 859. The summed E-state index contributed by atoms with van der Waals surface area (Å²) < 4.78 is 42.9. The third-order valence-corrected chi connectivity index (χ3v) is 7.07. The van der Waals surface area contributed by atoms with Gasteiger partial charge in [0.2, 0.25) is 15.9 Å². The van der Waals surface area contributed by atoms with Crippen LogP contribution in [-0.4, -0.2) is 62.4 Å². The number of hydrogen-bond acceptors (Lipinski definition) is 7. The molecule has 0 radical (unpaired) electrons. The number of benzene rings is 1. The Morgan fingerprint density at radius 3 is 2.64 bits per heavy atom. The van der Waals surface area contributed by atoms with Crippen molar-refractivity contribution in [2.24, 2.45) is 5.92 Å². The SMILES string of the molecule is O=S(=O)(c1ccccc1)N1CC(c2nc(CCOCC3CCOCC3)no2)C1. The first kappa shape index (κ1) is 19.5. The smallest absolute Gasteiger partial charge is 0.243 e. The second-order valence-corrected chi connectivity index (χ2v) is 9.20. The third kappa shape index (κ3) is 4.43. The molecule has 0 atom stereocenters. The van der Waals surface area contributed by atoms with Crippen LogP contribution in [0.3, 0.4) is 0 Å². The molecule has 0 aliphatic carbocycles. The number of aromatic nitrogens is 2. The molecule has 0 spiro atoms. The van der Waals surface area contributed by atoms with E-state index in [-0.39, 0.29) is 5.92 Å². The van der Waals surface area contributed by atoms with E-state index >= 15 is 0 Å². The van der Waals surface area contributed by atoms with E-state index in [1.807, 2.05) is 0 Å². The highest BCUT2D eigenvalue weighted by Gasteiger charge is 2.40. The maximum atomic E-state index is 12.5. The van der Waals surface area contributed by atoms with E-state index in [9.17, 15) is 8.42 Å². The monoisotopic (exact) mass is 407 g/mol. The molecule has 0 unspecified atom stereocenters. The second-order valence-electron chi connectivity index (χ2n) is 7.26. The van der Waals surface area contributed by atoms with Gasteiger partial charge in [-0.25, -0.2) is 8.42 Å². The van der Waals surface area contributed by atoms with E-state index in [0.29, 0.717) is 48.6 Å². The summed E-state index contributed by atoms with van der Waals surface area (Å²) in [6, 6.07) is 8.45. The van der Waals surface area contributed by atoms with Crippen LogP contribution in [0.2, 0.25) is 0 Å². The van der Waals surface area contributed by atoms with Crippen LogP contribution >= 0.6 is 0 Å². The summed E-state index contributed by atoms with van der Waals surface area (Å²) in [6.45, 7) is 3.65. The number of ether oxygens (including phenoxy) is 2. The lowest BCUT2D eigenvalue weighted by Gasteiger charge is -2.35. The molecular weight excluding hydrogens is 382 g/mol. The number of rotatable bonds is 8. The van der Waals surface area contributed by atoms with Gasteiger partial charge in [-0.1, -0.05) is 23.4 Å². The molecule has 152 valence electrons. The van der Waals surface area contributed by atoms with Gasteiger partial charge in [-0.3, -0.25) is 0 Å². The molecule has 8 nitrogen and oxygen atoms in total. The molecule has 0 N–H and O–H groups in total. The first-order chi connectivity index (χ1) is 13.6. The van der Waals surface area contributed by atoms with Crippen LogP contribution in [-0.2, 0) is 25.9 Å². The van der Waals surface area contributed by atoms with Crippen molar-refractivity contribution in [1.29, 1.82) is 0 Å². The molecule has 3 heterocycles. The van der Waals surface area contributed by atoms with E-state index in [1.54, 1.807) is 30.3 Å². The summed E-state index contributed by atoms with van der Waals surface area (Å²) in [5, 5.41) is 3.99. The average molecular weight is 407 g/mol. The Kier molecular flexibility index (Phi) is 6.05. The van der Waals surface area contributed by atoms with E-state index in [1.165, 1.54) is 4.31 Å². The minimum atomic E-state index is -3.45. The molecular formula is C19H25N3O5S. The van der Waals surface area contributed by atoms with Crippen molar-refractivity contribution in [1.82, 2.24) is 14.4 Å². The van der Waals surface area contributed by atoms with Gasteiger partial charge < -0.3 is 14.0 Å². The lowest BCUT2D eigenvalue weighted by Crippen LogP contribution is -2.48. The molecule has 0 saturated carbocycles. The van der Waals surface area contributed by atoms with E-state index < -0.39 is 10.0 Å². The quantitative estimate of drug-likeness (QED) is 0.616. The number of hydrogen-bond donors (Lipinski definition) is 0. The van der Waals surface area contributed by atoms with Crippen LogP contribution in [0.5, 0.6) is 0 Å². The van der Waals surface area contributed by atoms with Crippen molar-refractivity contribution in [3.05, 3.63) is 42.0 Å². The zero-order valence-electron chi connectivity index (χ0n) is 15.7. The normalized spacial score (nSPS) is 19.6. The highest BCUT2D eigenvalue weighted by Crippen LogP contribution is 2.31. The minimum Gasteiger partial charge on any atom is -0.381 e. The van der Waals surface area contributed by atoms with Gasteiger partial charge in [0.1, 0.15) is 0 Å². The summed E-state index contributed by atoms with van der Waals surface area (Å²) >= 11 is 0. The fourth-order valence-corrected chi connectivity index (χ4v) is 4.95. The Labute approximate surface area is 164 Å². The Morgan fingerprint density at radius 1 is 1.14 bits per heavy atom. The highest BCUT2D eigenvalue weighted by molar-refractivity contribution is 7.89. The number of nitrogens with zero attached hydrogens (tertiary/aromatic N) is 3. The van der Waals surface area contributed by atoms with Crippen molar-refractivity contribution < 1.29 is 22.4 Å². The molecule has 1 aromatic carbocycles. The summed E-state index contributed by atoms with van der Waals surface area (Å²) in [5.41, 5.74) is 0. The molecule has 2 aromatic rings. The van der Waals surface area contributed by atoms with Crippen molar-refractivity contribution in [3.8, 4) is 0 Å². The summed E-state index contributed by atoms with van der Waals surface area (Å²) in [4.78, 5) is 4.71. The van der Waals surface area contributed by atoms with E-state index in [4.69, 9.17) is 14.0 Å². The Balaban J connectivity index is 1.22. The third-order valence-electron chi connectivity index (χ3n) is 5.23. The molecule has 2 aliphatic rings. The van der Waals surface area contributed by atoms with Crippen LogP contribution in [0.25, 0.3) is 0 Å². The Hall–Kier alpha value is -1.81. The number of sulfonamides is 1. The largest absolute Gasteiger partial charge is 0.381 e. The molecule has 2 fully saturated rings. The van der Waals surface area contributed by atoms with Gasteiger partial charge in [-0.2, -0.15) is 9.29 Å². The fourth-order valence-electron chi connectivity index (χ4n) is 3.39. The summed E-state index contributed by atoms with van der Waals surface area (Å²) in [6.07, 6.45) is 2.69. The van der Waals surface area contributed by atoms with Crippen LogP contribution in [0, 0.1) is 5.92 Å². The first-order valence-corrected chi connectivity index (χ1v) is 11.1. The van der Waals surface area contributed by atoms with Crippen molar-refractivity contribution >= 4 is 10.0 Å². The lowest BCUT2D eigenvalue weighted by molar-refractivity contribution is 0.0211. The molecule has 2 aliphatic heterocycles. The zero-order valence-corrected chi connectivity index (χ0v) is 16.5. The lowest BCUT2D eigenvalue weighted by atomic mass is 10.0. The predicted molar refractivity (Wildman–Crippen MR) is 100 cm³/mol. The molecule has 1 aromatic heterocycles. The zero-order chi connectivity index (χ0) is 19.4. The van der Waals surface area contributed by atoms with Crippen molar-refractivity contribution in [2.45, 2.75) is 30.1 Å². The van der Waals surface area contributed by atoms with Crippen LogP contribution in [0.4, 0.5) is 0 Å². The highest BCUT2D eigenvalue weighted by atomic mass is 32.2. The molecule has 28 heavy (non-hydrogen) atoms. The standard InChI is InChI=1S/C19H25N3O5S/c23-28(24,17-4-2-1-3-5-17)22-12-16(13-22)19-20-18(21-27-19)8-11-26-14-15-6-9-25-10-7-15/h1-5,15-16H,6-14H2. The maximum absolute atomic E-state index is 12.5. The van der Waals surface area contributed by atoms with Gasteiger partial charge in [0.05, 0.1) is 17.4 Å². The van der Waals surface area contributed by atoms with Gasteiger partial charge in [-0.15, -0.1) is 0 Å². The predicted octanol–water partition coefficient (Wildman–Crippen LogP) is 1.84. The van der Waals surface area contributed by atoms with Crippen LogP contribution < -0.4 is 0 Å². The molecule has 0 amide bonds.